The Morgan fingerprint density at radius 2 is 1.52 bits per heavy atom. The lowest BCUT2D eigenvalue weighted by Crippen LogP contribution is -2.17. The van der Waals surface area contributed by atoms with Crippen LogP contribution in [0.4, 0.5) is 0 Å². The van der Waals surface area contributed by atoms with Gasteiger partial charge >= 0.3 is 0 Å². The first kappa shape index (κ1) is 21.7. The zero-order valence-corrected chi connectivity index (χ0v) is 20.0. The highest BCUT2D eigenvalue weighted by molar-refractivity contribution is 6.30. The van der Waals surface area contributed by atoms with Gasteiger partial charge in [-0.3, -0.25) is 4.99 Å². The van der Waals surface area contributed by atoms with Crippen LogP contribution in [0.25, 0.3) is 28.1 Å². The van der Waals surface area contributed by atoms with Crippen molar-refractivity contribution in [3.63, 3.8) is 0 Å². The predicted molar refractivity (Wildman–Crippen MR) is 138 cm³/mol. The summed E-state index contributed by atoms with van der Waals surface area (Å²) in [6.45, 7) is 4.20. The highest BCUT2D eigenvalue weighted by Crippen LogP contribution is 2.30. The van der Waals surface area contributed by atoms with E-state index in [0.29, 0.717) is 5.02 Å². The van der Waals surface area contributed by atoms with Gasteiger partial charge in [-0.05, 0) is 92.1 Å². The predicted octanol–water partition coefficient (Wildman–Crippen LogP) is 7.34. The van der Waals surface area contributed by atoms with Gasteiger partial charge in [-0.2, -0.15) is 0 Å². The monoisotopic (exact) mass is 471 g/mol. The molecule has 0 N–H and O–H groups in total. The molecular formula is C28H23Cl2N3. The van der Waals surface area contributed by atoms with E-state index in [4.69, 9.17) is 33.2 Å². The number of hydrogen-bond donors (Lipinski definition) is 0. The molecule has 0 bridgehead atoms. The van der Waals surface area contributed by atoms with E-state index in [-0.39, 0.29) is 6.04 Å². The van der Waals surface area contributed by atoms with Crippen molar-refractivity contribution >= 4 is 34.2 Å². The standard InChI is InChI=1S/C28H23Cl2N3/c1-18(2)31-25-17-28-26(16-20(25)15-19-7-9-21(29)10-8-19)32-24-5-3-4-6-27(24)33(28)23-13-11-22(30)12-14-23/h3-14,16-18H,15H2,1-2H3. The average Bonchev–Trinajstić information content (AvgIpc) is 2.80. The summed E-state index contributed by atoms with van der Waals surface area (Å²) in [5, 5.41) is 2.43. The van der Waals surface area contributed by atoms with Crippen LogP contribution in [0.2, 0.25) is 10.0 Å². The van der Waals surface area contributed by atoms with E-state index in [9.17, 15) is 0 Å². The lowest BCUT2D eigenvalue weighted by atomic mass is 10.0. The smallest absolute Gasteiger partial charge is 0.0882 e. The van der Waals surface area contributed by atoms with Gasteiger partial charge < -0.3 is 4.57 Å². The maximum absolute atomic E-state index is 6.18. The van der Waals surface area contributed by atoms with Crippen molar-refractivity contribution in [2.45, 2.75) is 26.3 Å². The second-order valence-corrected chi connectivity index (χ2v) is 9.28. The first-order valence-corrected chi connectivity index (χ1v) is 11.7. The molecule has 0 atom stereocenters. The van der Waals surface area contributed by atoms with Crippen LogP contribution < -0.4 is 5.36 Å². The van der Waals surface area contributed by atoms with E-state index in [1.165, 1.54) is 5.56 Å². The second kappa shape index (κ2) is 9.01. The normalized spacial score (nSPS) is 12.2. The maximum atomic E-state index is 6.18. The molecule has 0 saturated heterocycles. The SMILES string of the molecule is CC(C)N=c1cc2n(-c3ccc(Cl)cc3)c3ccccc3nc-2cc1Cc1ccc(Cl)cc1. The fourth-order valence-electron chi connectivity index (χ4n) is 4.12. The van der Waals surface area contributed by atoms with Crippen LogP contribution in [0, 0.1) is 0 Å². The number of aromatic nitrogens is 2. The Morgan fingerprint density at radius 1 is 0.848 bits per heavy atom. The Bertz CT molecular complexity index is 1470. The molecule has 3 aromatic carbocycles. The van der Waals surface area contributed by atoms with Crippen molar-refractivity contribution in [2.75, 3.05) is 0 Å². The van der Waals surface area contributed by atoms with Crippen LogP contribution in [0.1, 0.15) is 25.0 Å². The van der Waals surface area contributed by atoms with Gasteiger partial charge in [0.15, 0.2) is 0 Å². The summed E-state index contributed by atoms with van der Waals surface area (Å²) in [7, 11) is 0. The summed E-state index contributed by atoms with van der Waals surface area (Å²) in [4.78, 5) is 9.97. The minimum atomic E-state index is 0.170. The fraction of sp³-hybridized carbons (Fsp3) is 0.143. The molecule has 1 heterocycles. The third-order valence-corrected chi connectivity index (χ3v) is 6.07. The van der Waals surface area contributed by atoms with E-state index < -0.39 is 0 Å². The van der Waals surface area contributed by atoms with Crippen molar-refractivity contribution in [1.29, 1.82) is 0 Å². The third-order valence-electron chi connectivity index (χ3n) is 5.57. The third kappa shape index (κ3) is 4.52. The maximum Gasteiger partial charge on any atom is 0.0882 e. The van der Waals surface area contributed by atoms with Gasteiger partial charge in [0, 0.05) is 21.8 Å². The number of halogens is 2. The molecule has 2 aliphatic rings. The van der Waals surface area contributed by atoms with E-state index in [0.717, 1.165) is 50.5 Å². The van der Waals surface area contributed by atoms with Crippen molar-refractivity contribution in [2.24, 2.45) is 4.99 Å². The van der Waals surface area contributed by atoms with Crippen LogP contribution in [0.3, 0.4) is 0 Å². The Hall–Kier alpha value is -3.14. The van der Waals surface area contributed by atoms with Gasteiger partial charge in [-0.15, -0.1) is 0 Å². The molecule has 0 amide bonds. The number of fused-ring (bicyclic) bond motifs is 2. The van der Waals surface area contributed by atoms with Crippen molar-refractivity contribution < 1.29 is 0 Å². The van der Waals surface area contributed by atoms with Crippen molar-refractivity contribution in [3.05, 3.63) is 111 Å². The molecule has 3 nitrogen and oxygen atoms in total. The minimum absolute atomic E-state index is 0.170. The minimum Gasteiger partial charge on any atom is -0.306 e. The molecule has 33 heavy (non-hydrogen) atoms. The van der Waals surface area contributed by atoms with Gasteiger partial charge in [-0.1, -0.05) is 47.5 Å². The first-order valence-electron chi connectivity index (χ1n) is 11.0. The Balaban J connectivity index is 1.80. The number of para-hydroxylation sites is 2. The Kier molecular flexibility index (Phi) is 5.92. The first-order chi connectivity index (χ1) is 16.0. The molecule has 0 radical (unpaired) electrons. The largest absolute Gasteiger partial charge is 0.306 e. The summed E-state index contributed by atoms with van der Waals surface area (Å²) in [6, 6.07) is 28.6. The second-order valence-electron chi connectivity index (χ2n) is 8.41. The van der Waals surface area contributed by atoms with Crippen LogP contribution in [0.5, 0.6) is 0 Å². The molecule has 3 aromatic rings. The molecular weight excluding hydrogens is 449 g/mol. The van der Waals surface area contributed by atoms with Crippen molar-refractivity contribution in [3.8, 4) is 17.1 Å². The van der Waals surface area contributed by atoms with E-state index >= 15 is 0 Å². The highest BCUT2D eigenvalue weighted by Gasteiger charge is 2.16. The molecule has 0 spiro atoms. The highest BCUT2D eigenvalue weighted by atomic mass is 35.5. The van der Waals surface area contributed by atoms with Gasteiger partial charge in [0.05, 0.1) is 27.8 Å². The fourth-order valence-corrected chi connectivity index (χ4v) is 4.37. The van der Waals surface area contributed by atoms with Crippen LogP contribution in [0.15, 0.2) is 89.9 Å². The van der Waals surface area contributed by atoms with Gasteiger partial charge in [-0.25, -0.2) is 4.98 Å². The molecule has 0 aromatic heterocycles. The van der Waals surface area contributed by atoms with E-state index in [1.54, 1.807) is 0 Å². The zero-order chi connectivity index (χ0) is 22.9. The van der Waals surface area contributed by atoms with Crippen molar-refractivity contribution in [1.82, 2.24) is 9.55 Å². The number of rotatable bonds is 4. The van der Waals surface area contributed by atoms with Gasteiger partial charge in [0.2, 0.25) is 0 Å². The number of nitrogens with zero attached hydrogens (tertiary/aromatic N) is 3. The molecule has 1 aliphatic heterocycles. The summed E-state index contributed by atoms with van der Waals surface area (Å²) < 4.78 is 2.24. The summed E-state index contributed by atoms with van der Waals surface area (Å²) in [5.74, 6) is 0. The molecule has 5 heteroatoms. The number of hydrogen-bond acceptors (Lipinski definition) is 2. The Morgan fingerprint density at radius 3 is 2.21 bits per heavy atom. The lowest BCUT2D eigenvalue weighted by Gasteiger charge is -2.20. The van der Waals surface area contributed by atoms with Gasteiger partial charge in [0.1, 0.15) is 0 Å². The van der Waals surface area contributed by atoms with Gasteiger partial charge in [0.25, 0.3) is 0 Å². The van der Waals surface area contributed by atoms with Crippen LogP contribution >= 0.6 is 23.2 Å². The van der Waals surface area contributed by atoms with E-state index in [1.807, 2.05) is 54.6 Å². The summed E-state index contributed by atoms with van der Waals surface area (Å²) in [6.07, 6.45) is 0.758. The number of benzene rings is 4. The van der Waals surface area contributed by atoms with Crippen LogP contribution in [-0.4, -0.2) is 15.6 Å². The zero-order valence-electron chi connectivity index (χ0n) is 18.5. The molecule has 0 unspecified atom stereocenters. The topological polar surface area (TPSA) is 30.2 Å². The van der Waals surface area contributed by atoms with E-state index in [2.05, 4.69) is 48.7 Å². The Labute approximate surface area is 203 Å². The lowest BCUT2D eigenvalue weighted by molar-refractivity contribution is 0.799. The molecule has 0 fully saturated rings. The summed E-state index contributed by atoms with van der Waals surface area (Å²) in [5.41, 5.74) is 7.27. The molecule has 1 aliphatic carbocycles. The molecule has 164 valence electrons. The molecule has 0 saturated carbocycles. The van der Waals surface area contributed by atoms with Crippen LogP contribution in [-0.2, 0) is 6.42 Å². The molecule has 5 rings (SSSR count). The average molecular weight is 472 g/mol. The summed E-state index contributed by atoms with van der Waals surface area (Å²) >= 11 is 12.3. The quantitative estimate of drug-likeness (QED) is 0.252.